The lowest BCUT2D eigenvalue weighted by molar-refractivity contribution is 0.626. The molecule has 0 bridgehead atoms. The summed E-state index contributed by atoms with van der Waals surface area (Å²) in [5, 5.41) is 0. The van der Waals surface area contributed by atoms with Crippen molar-refractivity contribution < 1.29 is 4.39 Å². The van der Waals surface area contributed by atoms with Crippen LogP contribution in [0.5, 0.6) is 0 Å². The van der Waals surface area contributed by atoms with Crippen LogP contribution in [0.15, 0.2) is 47.7 Å². The third-order valence-corrected chi connectivity index (χ3v) is 1.81. The van der Waals surface area contributed by atoms with Crippen molar-refractivity contribution in [3.05, 3.63) is 59.0 Å². The molecule has 0 radical (unpaired) electrons. The third-order valence-electron chi connectivity index (χ3n) is 1.81. The Balaban J connectivity index is 2.61. The smallest absolute Gasteiger partial charge is 0.273 e. The van der Waals surface area contributed by atoms with Crippen molar-refractivity contribution in [3.8, 4) is 5.69 Å². The molecule has 0 atom stereocenters. The van der Waals surface area contributed by atoms with E-state index in [-0.39, 0.29) is 11.4 Å². The molecule has 2 rings (SSSR count). The first-order valence-corrected chi connectivity index (χ1v) is 4.06. The van der Waals surface area contributed by atoms with Crippen molar-refractivity contribution in [2.75, 3.05) is 0 Å². The number of rotatable bonds is 1. The van der Waals surface area contributed by atoms with E-state index in [1.54, 1.807) is 12.1 Å². The van der Waals surface area contributed by atoms with Crippen LogP contribution in [-0.2, 0) is 0 Å². The fourth-order valence-electron chi connectivity index (χ4n) is 1.19. The number of hydrogen-bond acceptors (Lipinski definition) is 2. The van der Waals surface area contributed by atoms with Gasteiger partial charge in [0, 0.05) is 12.4 Å². The second-order valence-electron chi connectivity index (χ2n) is 2.76. The molecule has 0 saturated carbocycles. The first kappa shape index (κ1) is 8.62. The number of halogens is 1. The van der Waals surface area contributed by atoms with Crippen LogP contribution >= 0.6 is 0 Å². The normalized spacial score (nSPS) is 10.1. The van der Waals surface area contributed by atoms with Gasteiger partial charge >= 0.3 is 0 Å². The van der Waals surface area contributed by atoms with Gasteiger partial charge in [0.15, 0.2) is 0 Å². The Hall–Kier alpha value is -1.97. The van der Waals surface area contributed by atoms with Crippen LogP contribution in [0.1, 0.15) is 0 Å². The van der Waals surface area contributed by atoms with Crippen molar-refractivity contribution in [1.82, 2.24) is 9.55 Å². The fraction of sp³-hybridized carbons (Fsp3) is 0. The maximum atomic E-state index is 12.9. The summed E-state index contributed by atoms with van der Waals surface area (Å²) in [6, 6.07) is 5.83. The molecule has 0 saturated heterocycles. The van der Waals surface area contributed by atoms with Crippen molar-refractivity contribution in [1.29, 1.82) is 0 Å². The second-order valence-corrected chi connectivity index (χ2v) is 2.76. The largest absolute Gasteiger partial charge is 0.281 e. The van der Waals surface area contributed by atoms with Crippen molar-refractivity contribution in [2.45, 2.75) is 0 Å². The molecule has 0 aliphatic heterocycles. The lowest BCUT2D eigenvalue weighted by Crippen LogP contribution is -2.16. The quantitative estimate of drug-likeness (QED) is 0.680. The standard InChI is InChI=1S/C10H7FN2O/c11-8-2-1-3-9(6-8)13-5-4-12-7-10(13)14/h1-7H. The molecule has 0 N–H and O–H groups in total. The van der Waals surface area contributed by atoms with Crippen LogP contribution < -0.4 is 5.56 Å². The van der Waals surface area contributed by atoms with Crippen LogP contribution in [0.2, 0.25) is 0 Å². The Morgan fingerprint density at radius 2 is 2.21 bits per heavy atom. The van der Waals surface area contributed by atoms with E-state index >= 15 is 0 Å². The Morgan fingerprint density at radius 3 is 2.93 bits per heavy atom. The van der Waals surface area contributed by atoms with Gasteiger partial charge in [-0.25, -0.2) is 4.39 Å². The summed E-state index contributed by atoms with van der Waals surface area (Å²) in [6.07, 6.45) is 4.16. The van der Waals surface area contributed by atoms with E-state index in [1.165, 1.54) is 35.3 Å². The number of hydrogen-bond donors (Lipinski definition) is 0. The first-order valence-electron chi connectivity index (χ1n) is 4.06. The molecular formula is C10H7FN2O. The van der Waals surface area contributed by atoms with Crippen LogP contribution in [0.3, 0.4) is 0 Å². The highest BCUT2D eigenvalue weighted by molar-refractivity contribution is 5.31. The highest BCUT2D eigenvalue weighted by Gasteiger charge is 1.98. The predicted octanol–water partition coefficient (Wildman–Crippen LogP) is 1.37. The molecule has 3 nitrogen and oxygen atoms in total. The molecule has 2 aromatic rings. The molecule has 0 aliphatic rings. The van der Waals surface area contributed by atoms with Gasteiger partial charge < -0.3 is 0 Å². The van der Waals surface area contributed by atoms with Gasteiger partial charge in [-0.2, -0.15) is 0 Å². The van der Waals surface area contributed by atoms with E-state index < -0.39 is 0 Å². The van der Waals surface area contributed by atoms with Gasteiger partial charge in [0.2, 0.25) is 0 Å². The molecule has 4 heteroatoms. The Labute approximate surface area is 79.5 Å². The SMILES string of the molecule is O=c1cnccn1-c1cccc(F)c1. The molecule has 1 heterocycles. The summed E-state index contributed by atoms with van der Waals surface area (Å²) in [5.41, 5.74) is 0.218. The monoisotopic (exact) mass is 190 g/mol. The number of benzene rings is 1. The summed E-state index contributed by atoms with van der Waals surface area (Å²) in [4.78, 5) is 15.0. The summed E-state index contributed by atoms with van der Waals surface area (Å²) >= 11 is 0. The van der Waals surface area contributed by atoms with Crippen LogP contribution in [-0.4, -0.2) is 9.55 Å². The summed E-state index contributed by atoms with van der Waals surface area (Å²) < 4.78 is 14.2. The highest BCUT2D eigenvalue weighted by Crippen LogP contribution is 2.06. The Kier molecular flexibility index (Phi) is 2.10. The number of aromatic nitrogens is 2. The minimum Gasteiger partial charge on any atom is -0.281 e. The molecule has 0 spiro atoms. The van der Waals surface area contributed by atoms with Crippen molar-refractivity contribution in [2.24, 2.45) is 0 Å². The zero-order chi connectivity index (χ0) is 9.97. The molecule has 14 heavy (non-hydrogen) atoms. The lowest BCUT2D eigenvalue weighted by Gasteiger charge is -2.03. The molecule has 0 amide bonds. The van der Waals surface area contributed by atoms with E-state index in [0.717, 1.165) is 0 Å². The fourth-order valence-corrected chi connectivity index (χ4v) is 1.19. The molecule has 0 aliphatic carbocycles. The molecule has 1 aromatic heterocycles. The first-order chi connectivity index (χ1) is 6.77. The minimum atomic E-state index is -0.369. The average Bonchev–Trinajstić information content (AvgIpc) is 2.18. The van der Waals surface area contributed by atoms with E-state index in [4.69, 9.17) is 0 Å². The maximum Gasteiger partial charge on any atom is 0.273 e. The molecule has 0 unspecified atom stereocenters. The van der Waals surface area contributed by atoms with Crippen LogP contribution in [0.25, 0.3) is 5.69 Å². The van der Waals surface area contributed by atoms with Gasteiger partial charge in [0.05, 0.1) is 11.9 Å². The van der Waals surface area contributed by atoms with Crippen molar-refractivity contribution in [3.63, 3.8) is 0 Å². The van der Waals surface area contributed by atoms with Crippen molar-refractivity contribution >= 4 is 0 Å². The van der Waals surface area contributed by atoms with Gasteiger partial charge in [0.1, 0.15) is 5.82 Å². The van der Waals surface area contributed by atoms with E-state index in [9.17, 15) is 9.18 Å². The average molecular weight is 190 g/mol. The van der Waals surface area contributed by atoms with Gasteiger partial charge in [0.25, 0.3) is 5.56 Å². The maximum absolute atomic E-state index is 12.9. The minimum absolute atomic E-state index is 0.280. The Morgan fingerprint density at radius 1 is 1.36 bits per heavy atom. The molecular weight excluding hydrogens is 183 g/mol. The molecule has 1 aromatic carbocycles. The zero-order valence-corrected chi connectivity index (χ0v) is 7.22. The summed E-state index contributed by atoms with van der Waals surface area (Å²) in [5.74, 6) is -0.369. The topological polar surface area (TPSA) is 34.9 Å². The van der Waals surface area contributed by atoms with Gasteiger partial charge in [-0.05, 0) is 18.2 Å². The van der Waals surface area contributed by atoms with E-state index in [2.05, 4.69) is 4.98 Å². The van der Waals surface area contributed by atoms with Gasteiger partial charge in [-0.15, -0.1) is 0 Å². The molecule has 70 valence electrons. The third kappa shape index (κ3) is 1.54. The predicted molar refractivity (Wildman–Crippen MR) is 49.8 cm³/mol. The molecule has 0 fully saturated rings. The second kappa shape index (κ2) is 3.41. The van der Waals surface area contributed by atoms with Crippen LogP contribution in [0, 0.1) is 5.82 Å². The van der Waals surface area contributed by atoms with E-state index in [0.29, 0.717) is 5.69 Å². The summed E-state index contributed by atoms with van der Waals surface area (Å²) in [6.45, 7) is 0. The summed E-state index contributed by atoms with van der Waals surface area (Å²) in [7, 11) is 0. The van der Waals surface area contributed by atoms with Crippen LogP contribution in [0.4, 0.5) is 4.39 Å². The lowest BCUT2D eigenvalue weighted by atomic mass is 10.3. The number of nitrogens with zero attached hydrogens (tertiary/aromatic N) is 2. The highest BCUT2D eigenvalue weighted by atomic mass is 19.1. The van der Waals surface area contributed by atoms with E-state index in [1.807, 2.05) is 0 Å². The van der Waals surface area contributed by atoms with Gasteiger partial charge in [-0.3, -0.25) is 14.3 Å². The zero-order valence-electron chi connectivity index (χ0n) is 7.22. The van der Waals surface area contributed by atoms with Gasteiger partial charge in [-0.1, -0.05) is 6.07 Å². The Bertz CT molecular complexity index is 507.